The molecule has 0 heterocycles. The standard InChI is InChI=1S/C12H18ClNO2/c13-7-11(15)14-10-6-5-8-3-1-2-4-9(8)12(10)16/h8-10H,1-7H2,(H,14,15). The van der Waals surface area contributed by atoms with E-state index in [1.165, 1.54) is 12.8 Å². The summed E-state index contributed by atoms with van der Waals surface area (Å²) in [5, 5.41) is 2.73. The van der Waals surface area contributed by atoms with Crippen LogP contribution in [0.5, 0.6) is 0 Å². The number of fused-ring (bicyclic) bond motifs is 1. The highest BCUT2D eigenvalue weighted by atomic mass is 35.5. The normalized spacial score (nSPS) is 34.3. The molecule has 0 radical (unpaired) electrons. The number of carbonyl (C=O) groups excluding carboxylic acids is 2. The van der Waals surface area contributed by atoms with E-state index in [0.717, 1.165) is 25.7 Å². The zero-order chi connectivity index (χ0) is 11.5. The number of hydrogen-bond donors (Lipinski definition) is 1. The Bertz CT molecular complexity index is 293. The van der Waals surface area contributed by atoms with E-state index < -0.39 is 0 Å². The van der Waals surface area contributed by atoms with Crippen LogP contribution in [0.4, 0.5) is 0 Å². The summed E-state index contributed by atoms with van der Waals surface area (Å²) in [5.74, 6) is 0.731. The molecule has 1 N–H and O–H groups in total. The van der Waals surface area contributed by atoms with Gasteiger partial charge in [-0.3, -0.25) is 9.59 Å². The molecular formula is C12H18ClNO2. The summed E-state index contributed by atoms with van der Waals surface area (Å²) in [5.41, 5.74) is 0. The molecule has 2 aliphatic carbocycles. The summed E-state index contributed by atoms with van der Waals surface area (Å²) in [6, 6.07) is -0.273. The highest BCUT2D eigenvalue weighted by Gasteiger charge is 2.39. The molecule has 3 unspecified atom stereocenters. The maximum atomic E-state index is 12.2. The van der Waals surface area contributed by atoms with E-state index in [1.807, 2.05) is 0 Å². The quantitative estimate of drug-likeness (QED) is 0.753. The summed E-state index contributed by atoms with van der Waals surface area (Å²) in [7, 11) is 0. The first kappa shape index (κ1) is 11.9. The Morgan fingerprint density at radius 1 is 1.25 bits per heavy atom. The van der Waals surface area contributed by atoms with E-state index in [1.54, 1.807) is 0 Å². The van der Waals surface area contributed by atoms with Gasteiger partial charge in [0, 0.05) is 5.92 Å². The summed E-state index contributed by atoms with van der Waals surface area (Å²) < 4.78 is 0. The molecule has 1 amide bonds. The van der Waals surface area contributed by atoms with Crippen LogP contribution in [0.1, 0.15) is 38.5 Å². The molecule has 90 valence electrons. The molecule has 0 aliphatic heterocycles. The number of nitrogens with one attached hydrogen (secondary N) is 1. The van der Waals surface area contributed by atoms with E-state index in [4.69, 9.17) is 11.6 Å². The van der Waals surface area contributed by atoms with Crippen LogP contribution in [0.25, 0.3) is 0 Å². The SMILES string of the molecule is O=C(CCl)NC1CCC2CCCCC2C1=O. The zero-order valence-corrected chi connectivity index (χ0v) is 10.1. The average Bonchev–Trinajstić information content (AvgIpc) is 2.33. The van der Waals surface area contributed by atoms with Crippen LogP contribution in [-0.2, 0) is 9.59 Å². The van der Waals surface area contributed by atoms with Gasteiger partial charge in [0.1, 0.15) is 5.88 Å². The largest absolute Gasteiger partial charge is 0.345 e. The second kappa shape index (κ2) is 5.17. The smallest absolute Gasteiger partial charge is 0.235 e. The lowest BCUT2D eigenvalue weighted by molar-refractivity contribution is -0.133. The van der Waals surface area contributed by atoms with Crippen LogP contribution in [0, 0.1) is 11.8 Å². The first-order valence-electron chi connectivity index (χ1n) is 6.11. The third-order valence-corrected chi connectivity index (χ3v) is 4.14. The minimum atomic E-state index is -0.273. The van der Waals surface area contributed by atoms with Gasteiger partial charge < -0.3 is 5.32 Å². The number of amides is 1. The molecular weight excluding hydrogens is 226 g/mol. The fourth-order valence-electron chi connectivity index (χ4n) is 3.09. The molecule has 2 saturated carbocycles. The van der Waals surface area contributed by atoms with E-state index in [2.05, 4.69) is 5.32 Å². The van der Waals surface area contributed by atoms with Gasteiger partial charge in [0.15, 0.2) is 5.78 Å². The summed E-state index contributed by atoms with van der Waals surface area (Å²) in [6.07, 6.45) is 6.48. The topological polar surface area (TPSA) is 46.2 Å². The van der Waals surface area contributed by atoms with E-state index >= 15 is 0 Å². The molecule has 0 aromatic heterocycles. The first-order valence-corrected chi connectivity index (χ1v) is 6.65. The average molecular weight is 244 g/mol. The third-order valence-electron chi connectivity index (χ3n) is 3.90. The maximum absolute atomic E-state index is 12.2. The third kappa shape index (κ3) is 2.40. The lowest BCUT2D eigenvalue weighted by Gasteiger charge is -2.38. The van der Waals surface area contributed by atoms with Crippen molar-refractivity contribution in [3.8, 4) is 0 Å². The molecule has 4 heteroatoms. The molecule has 16 heavy (non-hydrogen) atoms. The van der Waals surface area contributed by atoms with Crippen molar-refractivity contribution in [2.75, 3.05) is 5.88 Å². The number of alkyl halides is 1. The molecule has 2 aliphatic rings. The highest BCUT2D eigenvalue weighted by Crippen LogP contribution is 2.38. The minimum Gasteiger partial charge on any atom is -0.345 e. The van der Waals surface area contributed by atoms with Crippen LogP contribution >= 0.6 is 11.6 Å². The maximum Gasteiger partial charge on any atom is 0.235 e. The predicted molar refractivity (Wildman–Crippen MR) is 62.3 cm³/mol. The van der Waals surface area contributed by atoms with E-state index in [0.29, 0.717) is 5.92 Å². The number of ketones is 1. The van der Waals surface area contributed by atoms with Gasteiger partial charge in [0.25, 0.3) is 0 Å². The number of Topliss-reactive ketones (excluding diaryl/α,β-unsaturated/α-hetero) is 1. The Morgan fingerprint density at radius 3 is 2.75 bits per heavy atom. The van der Waals surface area contributed by atoms with Crippen molar-refractivity contribution in [3.05, 3.63) is 0 Å². The molecule has 3 atom stereocenters. The van der Waals surface area contributed by atoms with Gasteiger partial charge in [0.2, 0.25) is 5.91 Å². The van der Waals surface area contributed by atoms with Crippen LogP contribution in [-0.4, -0.2) is 23.6 Å². The van der Waals surface area contributed by atoms with Crippen LogP contribution in [0.2, 0.25) is 0 Å². The van der Waals surface area contributed by atoms with Gasteiger partial charge in [-0.05, 0) is 31.6 Å². The van der Waals surface area contributed by atoms with Crippen molar-refractivity contribution in [2.45, 2.75) is 44.6 Å². The molecule has 3 nitrogen and oxygen atoms in total. The minimum absolute atomic E-state index is 0.0577. The van der Waals surface area contributed by atoms with Gasteiger partial charge in [0.05, 0.1) is 6.04 Å². The molecule has 0 bridgehead atoms. The van der Waals surface area contributed by atoms with Crippen molar-refractivity contribution in [2.24, 2.45) is 11.8 Å². The van der Waals surface area contributed by atoms with Crippen molar-refractivity contribution in [1.82, 2.24) is 5.32 Å². The van der Waals surface area contributed by atoms with Gasteiger partial charge in [-0.25, -0.2) is 0 Å². The van der Waals surface area contributed by atoms with Crippen molar-refractivity contribution in [1.29, 1.82) is 0 Å². The monoisotopic (exact) mass is 243 g/mol. The molecule has 0 saturated heterocycles. The Hall–Kier alpha value is -0.570. The molecule has 2 fully saturated rings. The highest BCUT2D eigenvalue weighted by molar-refractivity contribution is 6.27. The zero-order valence-electron chi connectivity index (χ0n) is 9.38. The molecule has 0 spiro atoms. The Morgan fingerprint density at radius 2 is 2.00 bits per heavy atom. The number of hydrogen-bond acceptors (Lipinski definition) is 2. The second-order valence-electron chi connectivity index (χ2n) is 4.88. The van der Waals surface area contributed by atoms with Gasteiger partial charge >= 0.3 is 0 Å². The lowest BCUT2D eigenvalue weighted by Crippen LogP contribution is -2.49. The molecule has 2 rings (SSSR count). The summed E-state index contributed by atoms with van der Waals surface area (Å²) in [6.45, 7) is 0. The molecule has 0 aromatic rings. The van der Waals surface area contributed by atoms with Crippen molar-refractivity contribution >= 4 is 23.3 Å². The Labute approximate surface area is 101 Å². The first-order chi connectivity index (χ1) is 7.72. The predicted octanol–water partition coefficient (Wildman–Crippen LogP) is 1.88. The van der Waals surface area contributed by atoms with E-state index in [9.17, 15) is 9.59 Å². The number of rotatable bonds is 2. The Kier molecular flexibility index (Phi) is 3.85. The van der Waals surface area contributed by atoms with Crippen molar-refractivity contribution < 1.29 is 9.59 Å². The fraction of sp³-hybridized carbons (Fsp3) is 0.833. The van der Waals surface area contributed by atoms with Gasteiger partial charge in [-0.2, -0.15) is 0 Å². The van der Waals surface area contributed by atoms with Crippen molar-refractivity contribution in [3.63, 3.8) is 0 Å². The summed E-state index contributed by atoms with van der Waals surface area (Å²) in [4.78, 5) is 23.3. The van der Waals surface area contributed by atoms with Crippen LogP contribution in [0.15, 0.2) is 0 Å². The second-order valence-corrected chi connectivity index (χ2v) is 5.15. The van der Waals surface area contributed by atoms with Gasteiger partial charge in [-0.15, -0.1) is 11.6 Å². The van der Waals surface area contributed by atoms with E-state index in [-0.39, 0.29) is 29.5 Å². The van der Waals surface area contributed by atoms with Crippen LogP contribution < -0.4 is 5.32 Å². The summed E-state index contributed by atoms with van der Waals surface area (Å²) >= 11 is 5.43. The molecule has 0 aromatic carbocycles. The number of halogens is 1. The number of carbonyl (C=O) groups is 2. The Balaban J connectivity index is 1.97. The lowest BCUT2D eigenvalue weighted by atomic mass is 9.68. The van der Waals surface area contributed by atoms with Gasteiger partial charge in [-0.1, -0.05) is 12.8 Å². The fourth-order valence-corrected chi connectivity index (χ4v) is 3.16. The van der Waals surface area contributed by atoms with Crippen LogP contribution in [0.3, 0.4) is 0 Å².